The van der Waals surface area contributed by atoms with Crippen LogP contribution in [0.25, 0.3) is 10.8 Å². The minimum absolute atomic E-state index is 0.214. The lowest BCUT2D eigenvalue weighted by Crippen LogP contribution is -2.47. The molecule has 138 valence electrons. The van der Waals surface area contributed by atoms with Gasteiger partial charge < -0.3 is 5.32 Å². The third-order valence-corrected chi connectivity index (χ3v) is 4.55. The number of hydrogen-bond donors (Lipinski definition) is 3. The van der Waals surface area contributed by atoms with E-state index in [0.717, 1.165) is 27.5 Å². The molecule has 0 saturated heterocycles. The molecule has 0 aliphatic carbocycles. The van der Waals surface area contributed by atoms with E-state index in [4.69, 9.17) is 0 Å². The predicted molar refractivity (Wildman–Crippen MR) is 107 cm³/mol. The Bertz CT molecular complexity index is 993. The number of carbonyl (C=O) groups is 2. The van der Waals surface area contributed by atoms with Gasteiger partial charge in [-0.25, -0.2) is 10.2 Å². The molecule has 0 heterocycles. The number of benzene rings is 3. The molecule has 0 aliphatic heterocycles. The largest absolute Gasteiger partial charge is 0.333 e. The third kappa shape index (κ3) is 4.26. The summed E-state index contributed by atoms with van der Waals surface area (Å²) in [4.78, 5) is 24.5. The number of hydrazine groups is 1. The first kappa shape index (κ1) is 18.5. The molecule has 3 aromatic rings. The fourth-order valence-electron chi connectivity index (χ4n) is 3.19. The Kier molecular flexibility index (Phi) is 5.41. The first-order chi connectivity index (χ1) is 13.0. The van der Waals surface area contributed by atoms with Crippen molar-refractivity contribution in [3.63, 3.8) is 0 Å². The Hall–Kier alpha value is -3.34. The van der Waals surface area contributed by atoms with Gasteiger partial charge in [-0.1, -0.05) is 60.2 Å². The Labute approximate surface area is 158 Å². The summed E-state index contributed by atoms with van der Waals surface area (Å²) in [5.74, 6) is -0.347. The van der Waals surface area contributed by atoms with Crippen molar-refractivity contribution < 1.29 is 9.59 Å². The van der Waals surface area contributed by atoms with Crippen LogP contribution in [-0.4, -0.2) is 11.9 Å². The van der Waals surface area contributed by atoms with Gasteiger partial charge in [0.1, 0.15) is 0 Å². The minimum Gasteiger partial charge on any atom is -0.330 e. The number of rotatable bonds is 3. The van der Waals surface area contributed by atoms with Crippen molar-refractivity contribution >= 4 is 22.7 Å². The molecule has 3 aromatic carbocycles. The summed E-state index contributed by atoms with van der Waals surface area (Å²) in [6, 6.07) is 18.9. The summed E-state index contributed by atoms with van der Waals surface area (Å²) in [6.07, 6.45) is 0. The molecule has 3 N–H and O–H groups in total. The van der Waals surface area contributed by atoms with Gasteiger partial charge in [0.15, 0.2) is 0 Å². The zero-order valence-corrected chi connectivity index (χ0v) is 15.7. The number of urea groups is 1. The Morgan fingerprint density at radius 3 is 2.41 bits per heavy atom. The van der Waals surface area contributed by atoms with Crippen molar-refractivity contribution in [3.8, 4) is 0 Å². The van der Waals surface area contributed by atoms with Gasteiger partial charge in [0, 0.05) is 5.56 Å². The van der Waals surface area contributed by atoms with E-state index >= 15 is 0 Å². The van der Waals surface area contributed by atoms with Crippen LogP contribution in [0.4, 0.5) is 4.79 Å². The minimum atomic E-state index is -0.464. The zero-order valence-electron chi connectivity index (χ0n) is 15.7. The van der Waals surface area contributed by atoms with Gasteiger partial charge in [0.2, 0.25) is 0 Å². The maximum Gasteiger partial charge on any atom is 0.333 e. The average Bonchev–Trinajstić information content (AvgIpc) is 2.65. The zero-order chi connectivity index (χ0) is 19.4. The normalized spacial score (nSPS) is 11.7. The number of hydrogen-bond acceptors (Lipinski definition) is 2. The molecule has 3 rings (SSSR count). The molecular formula is C22H23N3O2. The van der Waals surface area contributed by atoms with Gasteiger partial charge >= 0.3 is 6.03 Å². The summed E-state index contributed by atoms with van der Waals surface area (Å²) >= 11 is 0. The smallest absolute Gasteiger partial charge is 0.330 e. The first-order valence-corrected chi connectivity index (χ1v) is 8.87. The molecule has 0 saturated carbocycles. The summed E-state index contributed by atoms with van der Waals surface area (Å²) in [6.45, 7) is 5.74. The summed E-state index contributed by atoms with van der Waals surface area (Å²) in [5.41, 5.74) is 8.36. The fourth-order valence-corrected chi connectivity index (χ4v) is 3.19. The molecule has 0 fully saturated rings. The molecule has 27 heavy (non-hydrogen) atoms. The van der Waals surface area contributed by atoms with Crippen molar-refractivity contribution in [2.75, 3.05) is 0 Å². The van der Waals surface area contributed by atoms with E-state index in [1.165, 1.54) is 0 Å². The van der Waals surface area contributed by atoms with Gasteiger partial charge in [-0.05, 0) is 48.7 Å². The Morgan fingerprint density at radius 1 is 0.889 bits per heavy atom. The second-order valence-electron chi connectivity index (χ2n) is 6.66. The molecule has 0 aliphatic rings. The quantitative estimate of drug-likeness (QED) is 0.613. The van der Waals surface area contributed by atoms with Crippen LogP contribution in [0.15, 0.2) is 60.7 Å². The first-order valence-electron chi connectivity index (χ1n) is 8.87. The second-order valence-corrected chi connectivity index (χ2v) is 6.66. The van der Waals surface area contributed by atoms with E-state index < -0.39 is 6.03 Å². The maximum atomic E-state index is 12.3. The standard InChI is InChI=1S/C22H23N3O2/c1-14-11-12-18(15(2)13-14)21(26)24-25-22(27)23-16(3)19-10-6-8-17-7-4-5-9-20(17)19/h4-13,16H,1-3H3,(H,24,26)(H2,23,25,27). The van der Waals surface area contributed by atoms with Crippen molar-refractivity contribution in [1.82, 2.24) is 16.2 Å². The number of carbonyl (C=O) groups excluding carboxylic acids is 2. The van der Waals surface area contributed by atoms with Crippen molar-refractivity contribution in [2.45, 2.75) is 26.8 Å². The van der Waals surface area contributed by atoms with Crippen molar-refractivity contribution in [3.05, 3.63) is 82.9 Å². The number of nitrogens with one attached hydrogen (secondary N) is 3. The van der Waals surface area contributed by atoms with Crippen LogP contribution >= 0.6 is 0 Å². The molecule has 1 unspecified atom stereocenters. The summed E-state index contributed by atoms with van der Waals surface area (Å²) in [5, 5.41) is 5.06. The second kappa shape index (κ2) is 7.91. The lowest BCUT2D eigenvalue weighted by atomic mass is 10.00. The van der Waals surface area contributed by atoms with Crippen LogP contribution < -0.4 is 16.2 Å². The van der Waals surface area contributed by atoms with Crippen molar-refractivity contribution in [1.29, 1.82) is 0 Å². The Balaban J connectivity index is 1.62. The van der Waals surface area contributed by atoms with Crippen LogP contribution in [0.3, 0.4) is 0 Å². The number of aryl methyl sites for hydroxylation is 2. The molecule has 5 nitrogen and oxygen atoms in total. The van der Waals surface area contributed by atoms with Gasteiger partial charge in [-0.3, -0.25) is 10.2 Å². The molecule has 1 atom stereocenters. The Morgan fingerprint density at radius 2 is 1.63 bits per heavy atom. The third-order valence-electron chi connectivity index (χ3n) is 4.55. The molecule has 0 radical (unpaired) electrons. The highest BCUT2D eigenvalue weighted by atomic mass is 16.2. The number of fused-ring (bicyclic) bond motifs is 1. The lowest BCUT2D eigenvalue weighted by Gasteiger charge is -2.17. The van der Waals surface area contributed by atoms with E-state index in [9.17, 15) is 9.59 Å². The predicted octanol–water partition coefficient (Wildman–Crippen LogP) is 4.16. The highest BCUT2D eigenvalue weighted by Crippen LogP contribution is 2.23. The van der Waals surface area contributed by atoms with Gasteiger partial charge in [-0.15, -0.1) is 0 Å². The van der Waals surface area contributed by atoms with Crippen LogP contribution in [-0.2, 0) is 0 Å². The summed E-state index contributed by atoms with van der Waals surface area (Å²) in [7, 11) is 0. The topological polar surface area (TPSA) is 70.2 Å². The number of amides is 3. The monoisotopic (exact) mass is 361 g/mol. The van der Waals surface area contributed by atoms with E-state index in [1.54, 1.807) is 6.07 Å². The SMILES string of the molecule is Cc1ccc(C(=O)NNC(=O)NC(C)c2cccc3ccccc23)c(C)c1. The maximum absolute atomic E-state index is 12.3. The van der Waals surface area contributed by atoms with Crippen LogP contribution in [0.1, 0.15) is 40.0 Å². The molecule has 0 bridgehead atoms. The molecule has 3 amide bonds. The molecule has 0 aromatic heterocycles. The van der Waals surface area contributed by atoms with E-state index in [1.807, 2.05) is 75.4 Å². The van der Waals surface area contributed by atoms with E-state index in [-0.39, 0.29) is 11.9 Å². The van der Waals surface area contributed by atoms with Crippen LogP contribution in [0.5, 0.6) is 0 Å². The highest BCUT2D eigenvalue weighted by Gasteiger charge is 2.14. The van der Waals surface area contributed by atoms with E-state index in [0.29, 0.717) is 5.56 Å². The summed E-state index contributed by atoms with van der Waals surface area (Å²) < 4.78 is 0. The van der Waals surface area contributed by atoms with Gasteiger partial charge in [-0.2, -0.15) is 0 Å². The highest BCUT2D eigenvalue weighted by molar-refractivity contribution is 5.96. The van der Waals surface area contributed by atoms with Crippen LogP contribution in [0.2, 0.25) is 0 Å². The lowest BCUT2D eigenvalue weighted by molar-refractivity contribution is 0.0935. The van der Waals surface area contributed by atoms with Gasteiger partial charge in [0.25, 0.3) is 5.91 Å². The van der Waals surface area contributed by atoms with Crippen molar-refractivity contribution in [2.24, 2.45) is 0 Å². The fraction of sp³-hybridized carbons (Fsp3) is 0.182. The molecule has 5 heteroatoms. The average molecular weight is 361 g/mol. The van der Waals surface area contributed by atoms with Crippen LogP contribution in [0, 0.1) is 13.8 Å². The van der Waals surface area contributed by atoms with Gasteiger partial charge in [0.05, 0.1) is 6.04 Å². The molecule has 0 spiro atoms. The van der Waals surface area contributed by atoms with E-state index in [2.05, 4.69) is 16.2 Å². The molecular weight excluding hydrogens is 338 g/mol.